The van der Waals surface area contributed by atoms with Crippen LogP contribution in [0.2, 0.25) is 0 Å². The number of carbonyl (C=O) groups is 1. The Labute approximate surface area is 95.2 Å². The summed E-state index contributed by atoms with van der Waals surface area (Å²) >= 11 is 0. The van der Waals surface area contributed by atoms with Crippen LogP contribution in [0.1, 0.15) is 19.8 Å². The molecule has 0 saturated carbocycles. The Morgan fingerprint density at radius 1 is 1.62 bits per heavy atom. The molecule has 0 aromatic carbocycles. The van der Waals surface area contributed by atoms with E-state index in [1.54, 1.807) is 0 Å². The van der Waals surface area contributed by atoms with Gasteiger partial charge in [-0.25, -0.2) is 8.42 Å². The van der Waals surface area contributed by atoms with Crippen LogP contribution in [0.4, 0.5) is 0 Å². The zero-order chi connectivity index (χ0) is 12.3. The monoisotopic (exact) mass is 251 g/mol. The highest BCUT2D eigenvalue weighted by atomic mass is 32.2. The van der Waals surface area contributed by atoms with E-state index in [4.69, 9.17) is 5.11 Å². The Kier molecular flexibility index (Phi) is 4.28. The largest absolute Gasteiger partial charge is 0.468 e. The lowest BCUT2D eigenvalue weighted by atomic mass is 10.2. The summed E-state index contributed by atoms with van der Waals surface area (Å²) in [7, 11) is -2.56. The Bertz CT molecular complexity index is 353. The molecule has 0 amide bonds. The zero-order valence-corrected chi connectivity index (χ0v) is 10.2. The molecule has 0 aliphatic carbocycles. The second-order valence-corrected chi connectivity index (χ2v) is 6.01. The van der Waals surface area contributed by atoms with Gasteiger partial charge in [0.1, 0.15) is 0 Å². The predicted octanol–water partition coefficient (Wildman–Crippen LogP) is -0.666. The first-order valence-electron chi connectivity index (χ1n) is 5.14. The number of hydrogen-bond acceptors (Lipinski definition) is 5. The van der Waals surface area contributed by atoms with E-state index < -0.39 is 27.3 Å². The third kappa shape index (κ3) is 2.36. The first-order chi connectivity index (χ1) is 7.45. The summed E-state index contributed by atoms with van der Waals surface area (Å²) < 4.78 is 29.7. The summed E-state index contributed by atoms with van der Waals surface area (Å²) in [5.41, 5.74) is 0. The lowest BCUT2D eigenvalue weighted by Gasteiger charge is -2.24. The van der Waals surface area contributed by atoms with E-state index in [2.05, 4.69) is 4.74 Å². The number of methoxy groups -OCH3 is 1. The summed E-state index contributed by atoms with van der Waals surface area (Å²) in [6, 6.07) is -0.405. The zero-order valence-electron chi connectivity index (χ0n) is 9.42. The van der Waals surface area contributed by atoms with Gasteiger partial charge in [0.15, 0.2) is 5.25 Å². The molecule has 1 N–H and O–H groups in total. The average molecular weight is 251 g/mol. The third-order valence-electron chi connectivity index (χ3n) is 2.84. The van der Waals surface area contributed by atoms with E-state index >= 15 is 0 Å². The quantitative estimate of drug-likeness (QED) is 0.670. The van der Waals surface area contributed by atoms with Crippen molar-refractivity contribution in [3.05, 3.63) is 0 Å². The topological polar surface area (TPSA) is 83.9 Å². The van der Waals surface area contributed by atoms with Crippen molar-refractivity contribution >= 4 is 16.0 Å². The highest BCUT2D eigenvalue weighted by Crippen LogP contribution is 2.23. The maximum absolute atomic E-state index is 12.0. The fraction of sp³-hybridized carbons (Fsp3) is 0.889. The molecule has 1 saturated heterocycles. The fourth-order valence-corrected chi connectivity index (χ4v) is 3.53. The SMILES string of the molecule is COC(=O)C(C)S(=O)(=O)N1CCC[C@@H]1CO. The smallest absolute Gasteiger partial charge is 0.325 e. The van der Waals surface area contributed by atoms with Crippen molar-refractivity contribution in [1.29, 1.82) is 0 Å². The van der Waals surface area contributed by atoms with Crippen LogP contribution in [0.3, 0.4) is 0 Å². The summed E-state index contributed by atoms with van der Waals surface area (Å²) in [5, 5.41) is 7.84. The maximum Gasteiger partial charge on any atom is 0.325 e. The molecule has 1 aliphatic rings. The first-order valence-corrected chi connectivity index (χ1v) is 6.64. The molecule has 16 heavy (non-hydrogen) atoms. The lowest BCUT2D eigenvalue weighted by Crippen LogP contribution is -2.45. The maximum atomic E-state index is 12.0. The van der Waals surface area contributed by atoms with Gasteiger partial charge in [0.05, 0.1) is 13.7 Å². The van der Waals surface area contributed by atoms with Crippen LogP contribution in [0.15, 0.2) is 0 Å². The second kappa shape index (κ2) is 5.11. The minimum atomic E-state index is -3.71. The van der Waals surface area contributed by atoms with Gasteiger partial charge in [0.2, 0.25) is 10.0 Å². The number of nitrogens with zero attached hydrogens (tertiary/aromatic N) is 1. The van der Waals surface area contributed by atoms with E-state index in [-0.39, 0.29) is 6.61 Å². The molecule has 0 radical (unpaired) electrons. The van der Waals surface area contributed by atoms with Gasteiger partial charge in [-0.1, -0.05) is 0 Å². The molecule has 7 heteroatoms. The van der Waals surface area contributed by atoms with Crippen molar-refractivity contribution in [2.75, 3.05) is 20.3 Å². The first kappa shape index (κ1) is 13.4. The van der Waals surface area contributed by atoms with Crippen molar-refractivity contribution < 1.29 is 23.1 Å². The number of hydrogen-bond donors (Lipinski definition) is 1. The minimum Gasteiger partial charge on any atom is -0.468 e. The van der Waals surface area contributed by atoms with Crippen LogP contribution < -0.4 is 0 Å². The molecule has 0 aromatic heterocycles. The van der Waals surface area contributed by atoms with Crippen LogP contribution in [-0.2, 0) is 19.6 Å². The number of sulfonamides is 1. The number of ether oxygens (including phenoxy) is 1. The Morgan fingerprint density at radius 2 is 2.25 bits per heavy atom. The van der Waals surface area contributed by atoms with Gasteiger partial charge in [-0.05, 0) is 19.8 Å². The van der Waals surface area contributed by atoms with E-state index in [0.29, 0.717) is 19.4 Å². The third-order valence-corrected chi connectivity index (χ3v) is 5.06. The summed E-state index contributed by atoms with van der Waals surface area (Å²) in [6.07, 6.45) is 1.34. The number of aliphatic hydroxyl groups is 1. The molecule has 1 rings (SSSR count). The van der Waals surface area contributed by atoms with Crippen molar-refractivity contribution in [3.8, 4) is 0 Å². The second-order valence-electron chi connectivity index (χ2n) is 3.80. The van der Waals surface area contributed by atoms with Crippen molar-refractivity contribution in [2.45, 2.75) is 31.1 Å². The van der Waals surface area contributed by atoms with Gasteiger partial charge in [0.25, 0.3) is 0 Å². The number of carbonyl (C=O) groups excluding carboxylic acids is 1. The molecule has 0 spiro atoms. The van der Waals surface area contributed by atoms with Gasteiger partial charge in [0, 0.05) is 12.6 Å². The van der Waals surface area contributed by atoms with E-state index in [1.807, 2.05) is 0 Å². The minimum absolute atomic E-state index is 0.215. The fourth-order valence-electron chi connectivity index (χ4n) is 1.82. The summed E-state index contributed by atoms with van der Waals surface area (Å²) in [5.74, 6) is -0.774. The normalized spacial score (nSPS) is 24.3. The average Bonchev–Trinajstić information content (AvgIpc) is 2.75. The predicted molar refractivity (Wildman–Crippen MR) is 57.2 cm³/mol. The van der Waals surface area contributed by atoms with Crippen LogP contribution >= 0.6 is 0 Å². The molecule has 0 bridgehead atoms. The molecule has 94 valence electrons. The van der Waals surface area contributed by atoms with Crippen LogP contribution in [0, 0.1) is 0 Å². The molecule has 1 fully saturated rings. The van der Waals surface area contributed by atoms with E-state index in [1.165, 1.54) is 11.2 Å². The van der Waals surface area contributed by atoms with E-state index in [0.717, 1.165) is 7.11 Å². The molecule has 1 heterocycles. The molecule has 1 unspecified atom stereocenters. The Hall–Kier alpha value is -0.660. The van der Waals surface area contributed by atoms with E-state index in [9.17, 15) is 13.2 Å². The van der Waals surface area contributed by atoms with Crippen LogP contribution in [0.5, 0.6) is 0 Å². The molecule has 2 atom stereocenters. The van der Waals surface area contributed by atoms with Crippen molar-refractivity contribution in [3.63, 3.8) is 0 Å². The van der Waals surface area contributed by atoms with Gasteiger partial charge in [-0.15, -0.1) is 0 Å². The molecule has 0 aromatic rings. The number of esters is 1. The lowest BCUT2D eigenvalue weighted by molar-refractivity contribution is -0.139. The summed E-state index contributed by atoms with van der Waals surface area (Å²) in [6.45, 7) is 1.44. The van der Waals surface area contributed by atoms with Crippen molar-refractivity contribution in [2.24, 2.45) is 0 Å². The standard InChI is InChI=1S/C9H17NO5S/c1-7(9(12)15-2)16(13,14)10-5-3-4-8(10)6-11/h7-8,11H,3-6H2,1-2H3/t7?,8-/m1/s1. The van der Waals surface area contributed by atoms with Crippen LogP contribution in [0.25, 0.3) is 0 Å². The van der Waals surface area contributed by atoms with Gasteiger partial charge >= 0.3 is 5.97 Å². The van der Waals surface area contributed by atoms with Crippen LogP contribution in [-0.4, -0.2) is 55.4 Å². The summed E-state index contributed by atoms with van der Waals surface area (Å²) in [4.78, 5) is 11.2. The van der Waals surface area contributed by atoms with Crippen molar-refractivity contribution in [1.82, 2.24) is 4.31 Å². The molecular formula is C9H17NO5S. The Balaban J connectivity index is 2.88. The number of aliphatic hydroxyl groups excluding tert-OH is 1. The number of rotatable bonds is 4. The van der Waals surface area contributed by atoms with Gasteiger partial charge < -0.3 is 9.84 Å². The molecule has 1 aliphatic heterocycles. The van der Waals surface area contributed by atoms with Gasteiger partial charge in [-0.2, -0.15) is 4.31 Å². The van der Waals surface area contributed by atoms with Gasteiger partial charge in [-0.3, -0.25) is 4.79 Å². The molecule has 6 nitrogen and oxygen atoms in total. The highest BCUT2D eigenvalue weighted by molar-refractivity contribution is 7.90. The Morgan fingerprint density at radius 3 is 2.75 bits per heavy atom. The molecular weight excluding hydrogens is 234 g/mol. The highest BCUT2D eigenvalue weighted by Gasteiger charge is 2.40.